The third kappa shape index (κ3) is 4.97. The molecule has 2 heterocycles. The van der Waals surface area contributed by atoms with Crippen molar-refractivity contribution in [3.63, 3.8) is 0 Å². The van der Waals surface area contributed by atoms with E-state index < -0.39 is 0 Å². The van der Waals surface area contributed by atoms with Crippen LogP contribution in [0.15, 0.2) is 53.9 Å². The molecule has 0 spiro atoms. The standard InChI is InChI=1S/C20H25N5O/c1-14(2)10-15-5-7-17(8-6-15)18-11-19(24-23-18)20(26)25-22-13-16-4-3-9-21-12-16/h3-9,12-14,18-19,23-24H,10-11H2,1-2H3,(H,25,26)/b22-13+. The Morgan fingerprint density at radius 1 is 1.31 bits per heavy atom. The number of pyridine rings is 1. The zero-order chi connectivity index (χ0) is 18.4. The van der Waals surface area contributed by atoms with Gasteiger partial charge in [-0.15, -0.1) is 0 Å². The first kappa shape index (κ1) is 18.2. The fraction of sp³-hybridized carbons (Fsp3) is 0.350. The summed E-state index contributed by atoms with van der Waals surface area (Å²) >= 11 is 0. The smallest absolute Gasteiger partial charge is 0.258 e. The second kappa shape index (κ2) is 8.69. The average molecular weight is 351 g/mol. The maximum absolute atomic E-state index is 12.2. The van der Waals surface area contributed by atoms with Crippen molar-refractivity contribution in [1.29, 1.82) is 0 Å². The lowest BCUT2D eigenvalue weighted by Crippen LogP contribution is -2.41. The summed E-state index contributed by atoms with van der Waals surface area (Å²) in [4.78, 5) is 16.2. The van der Waals surface area contributed by atoms with Crippen molar-refractivity contribution in [2.24, 2.45) is 11.0 Å². The minimum Gasteiger partial charge on any atom is -0.271 e. The summed E-state index contributed by atoms with van der Waals surface area (Å²) in [5, 5.41) is 3.99. The Labute approximate surface area is 154 Å². The van der Waals surface area contributed by atoms with Crippen LogP contribution in [0, 0.1) is 5.92 Å². The number of amides is 1. The largest absolute Gasteiger partial charge is 0.271 e. The number of hydrogen-bond donors (Lipinski definition) is 3. The highest BCUT2D eigenvalue weighted by molar-refractivity contribution is 5.84. The Kier molecular flexibility index (Phi) is 6.09. The average Bonchev–Trinajstić information content (AvgIpc) is 3.13. The van der Waals surface area contributed by atoms with Gasteiger partial charge in [0.15, 0.2) is 0 Å². The van der Waals surface area contributed by atoms with E-state index in [1.165, 1.54) is 11.1 Å². The number of hydrazone groups is 1. The summed E-state index contributed by atoms with van der Waals surface area (Å²) in [5.74, 6) is 0.490. The number of rotatable bonds is 6. The van der Waals surface area contributed by atoms with Crippen LogP contribution in [-0.4, -0.2) is 23.1 Å². The predicted molar refractivity (Wildman–Crippen MR) is 102 cm³/mol. The molecule has 1 saturated heterocycles. The highest BCUT2D eigenvalue weighted by Crippen LogP contribution is 2.23. The van der Waals surface area contributed by atoms with Crippen molar-refractivity contribution >= 4 is 12.1 Å². The number of carbonyl (C=O) groups excluding carboxylic acids is 1. The van der Waals surface area contributed by atoms with Crippen LogP contribution in [-0.2, 0) is 11.2 Å². The quantitative estimate of drug-likeness (QED) is 0.551. The molecule has 0 aliphatic carbocycles. The zero-order valence-electron chi connectivity index (χ0n) is 15.1. The van der Waals surface area contributed by atoms with E-state index in [1.54, 1.807) is 18.6 Å². The number of nitrogens with zero attached hydrogens (tertiary/aromatic N) is 2. The molecular formula is C20H25N5O. The molecule has 2 aromatic rings. The lowest BCUT2D eigenvalue weighted by molar-refractivity contribution is -0.122. The van der Waals surface area contributed by atoms with Crippen LogP contribution in [0.5, 0.6) is 0 Å². The number of aromatic nitrogens is 1. The van der Waals surface area contributed by atoms with Crippen molar-refractivity contribution in [3.05, 3.63) is 65.5 Å². The number of hydrazine groups is 1. The maximum atomic E-state index is 12.2. The molecule has 136 valence electrons. The van der Waals surface area contributed by atoms with Crippen molar-refractivity contribution < 1.29 is 4.79 Å². The molecule has 0 saturated carbocycles. The van der Waals surface area contributed by atoms with Gasteiger partial charge >= 0.3 is 0 Å². The molecule has 2 atom stereocenters. The van der Waals surface area contributed by atoms with Gasteiger partial charge in [0.05, 0.1) is 6.21 Å². The topological polar surface area (TPSA) is 78.4 Å². The number of carbonyl (C=O) groups is 1. The molecule has 1 aromatic carbocycles. The molecule has 6 heteroatoms. The minimum absolute atomic E-state index is 0.112. The summed E-state index contributed by atoms with van der Waals surface area (Å²) < 4.78 is 0. The molecule has 2 unspecified atom stereocenters. The lowest BCUT2D eigenvalue weighted by Gasteiger charge is -2.11. The van der Waals surface area contributed by atoms with E-state index in [4.69, 9.17) is 0 Å². The van der Waals surface area contributed by atoms with Crippen molar-refractivity contribution in [2.75, 3.05) is 0 Å². The zero-order valence-corrected chi connectivity index (χ0v) is 15.1. The first-order valence-electron chi connectivity index (χ1n) is 8.94. The molecular weight excluding hydrogens is 326 g/mol. The van der Waals surface area contributed by atoms with Gasteiger partial charge in [-0.1, -0.05) is 44.2 Å². The lowest BCUT2D eigenvalue weighted by atomic mass is 9.97. The van der Waals surface area contributed by atoms with Gasteiger partial charge in [0.25, 0.3) is 5.91 Å². The van der Waals surface area contributed by atoms with Gasteiger partial charge in [0, 0.05) is 24.0 Å². The van der Waals surface area contributed by atoms with Crippen LogP contribution in [0.4, 0.5) is 0 Å². The first-order chi connectivity index (χ1) is 12.6. The molecule has 6 nitrogen and oxygen atoms in total. The molecule has 0 radical (unpaired) electrons. The van der Waals surface area contributed by atoms with Gasteiger partial charge < -0.3 is 0 Å². The SMILES string of the molecule is CC(C)Cc1ccc(C2CC(C(=O)N/N=C/c3cccnc3)NN2)cc1. The summed E-state index contributed by atoms with van der Waals surface area (Å²) in [5.41, 5.74) is 12.2. The number of nitrogens with one attached hydrogen (secondary N) is 3. The minimum atomic E-state index is -0.318. The number of hydrogen-bond acceptors (Lipinski definition) is 5. The second-order valence-corrected chi connectivity index (χ2v) is 6.99. The fourth-order valence-corrected chi connectivity index (χ4v) is 3.00. The summed E-state index contributed by atoms with van der Waals surface area (Å²) in [6, 6.07) is 12.1. The third-order valence-electron chi connectivity index (χ3n) is 4.32. The fourth-order valence-electron chi connectivity index (χ4n) is 3.00. The number of benzene rings is 1. The van der Waals surface area contributed by atoms with Crippen LogP contribution in [0.2, 0.25) is 0 Å². The Balaban J connectivity index is 1.51. The van der Waals surface area contributed by atoms with Gasteiger partial charge in [-0.2, -0.15) is 5.10 Å². The van der Waals surface area contributed by atoms with E-state index in [2.05, 4.69) is 64.5 Å². The van der Waals surface area contributed by atoms with E-state index in [0.29, 0.717) is 12.3 Å². The highest BCUT2D eigenvalue weighted by Gasteiger charge is 2.29. The van der Waals surface area contributed by atoms with Crippen molar-refractivity contribution in [3.8, 4) is 0 Å². The van der Waals surface area contributed by atoms with Crippen LogP contribution in [0.1, 0.15) is 43.0 Å². The van der Waals surface area contributed by atoms with Gasteiger partial charge in [-0.3, -0.25) is 9.78 Å². The molecule has 1 aromatic heterocycles. The van der Waals surface area contributed by atoms with Crippen molar-refractivity contribution in [1.82, 2.24) is 21.3 Å². The molecule has 1 fully saturated rings. The van der Waals surface area contributed by atoms with Gasteiger partial charge in [0.1, 0.15) is 6.04 Å². The Morgan fingerprint density at radius 2 is 2.12 bits per heavy atom. The van der Waals surface area contributed by atoms with Crippen molar-refractivity contribution in [2.45, 2.75) is 38.8 Å². The molecule has 3 rings (SSSR count). The summed E-state index contributed by atoms with van der Waals surface area (Å²) in [7, 11) is 0. The van der Waals surface area contributed by atoms with E-state index in [-0.39, 0.29) is 18.0 Å². The highest BCUT2D eigenvalue weighted by atomic mass is 16.2. The maximum Gasteiger partial charge on any atom is 0.258 e. The predicted octanol–water partition coefficient (Wildman–Crippen LogP) is 2.34. The van der Waals surface area contributed by atoms with E-state index in [9.17, 15) is 4.79 Å². The Bertz CT molecular complexity index is 743. The molecule has 1 amide bonds. The second-order valence-electron chi connectivity index (χ2n) is 6.99. The van der Waals surface area contributed by atoms with Gasteiger partial charge in [-0.25, -0.2) is 16.3 Å². The van der Waals surface area contributed by atoms with Crippen LogP contribution >= 0.6 is 0 Å². The third-order valence-corrected chi connectivity index (χ3v) is 4.32. The van der Waals surface area contributed by atoms with Crippen LogP contribution in [0.25, 0.3) is 0 Å². The molecule has 3 N–H and O–H groups in total. The Morgan fingerprint density at radius 3 is 2.81 bits per heavy atom. The molecule has 1 aliphatic heterocycles. The van der Waals surface area contributed by atoms with Gasteiger partial charge in [0.2, 0.25) is 0 Å². The van der Waals surface area contributed by atoms with E-state index in [1.807, 2.05) is 12.1 Å². The normalized spacial score (nSPS) is 20.0. The molecule has 26 heavy (non-hydrogen) atoms. The van der Waals surface area contributed by atoms with E-state index >= 15 is 0 Å². The van der Waals surface area contributed by atoms with E-state index in [0.717, 1.165) is 12.0 Å². The molecule has 0 bridgehead atoms. The van der Waals surface area contributed by atoms with Crippen LogP contribution < -0.4 is 16.3 Å². The summed E-state index contributed by atoms with van der Waals surface area (Å²) in [6.07, 6.45) is 6.72. The first-order valence-corrected chi connectivity index (χ1v) is 8.94. The summed E-state index contributed by atoms with van der Waals surface area (Å²) in [6.45, 7) is 4.44. The molecule has 1 aliphatic rings. The Hall–Kier alpha value is -2.57. The monoisotopic (exact) mass is 351 g/mol. The van der Waals surface area contributed by atoms with Crippen LogP contribution in [0.3, 0.4) is 0 Å². The van der Waals surface area contributed by atoms with Gasteiger partial charge in [-0.05, 0) is 36.0 Å².